The van der Waals surface area contributed by atoms with Gasteiger partial charge in [-0.1, -0.05) is 18.2 Å². The number of hydrogen-bond acceptors (Lipinski definition) is 3. The fourth-order valence-electron chi connectivity index (χ4n) is 1.96. The van der Waals surface area contributed by atoms with Crippen molar-refractivity contribution in [1.29, 1.82) is 0 Å². The van der Waals surface area contributed by atoms with E-state index in [1.807, 2.05) is 24.3 Å². The molecule has 0 amide bonds. The molecule has 0 aliphatic heterocycles. The Balaban J connectivity index is 2.09. The minimum Gasteiger partial charge on any atom is -0.487 e. The summed E-state index contributed by atoms with van der Waals surface area (Å²) in [5, 5.41) is 18.7. The van der Waals surface area contributed by atoms with Crippen molar-refractivity contribution in [3.63, 3.8) is 0 Å². The van der Waals surface area contributed by atoms with Crippen LogP contribution in [0.25, 0.3) is 0 Å². The van der Waals surface area contributed by atoms with E-state index < -0.39 is 0 Å². The highest BCUT2D eigenvalue weighted by Gasteiger charge is 2.27. The minimum absolute atomic E-state index is 0.0288. The number of benzene rings is 1. The van der Waals surface area contributed by atoms with Crippen LogP contribution in [-0.2, 0) is 6.61 Å². The maximum Gasteiger partial charge on any atom is 0.125 e. The van der Waals surface area contributed by atoms with E-state index >= 15 is 0 Å². The SMILES string of the molecule is OCc1ccccc1OC1CCCC1O. The highest BCUT2D eigenvalue weighted by Crippen LogP contribution is 2.26. The van der Waals surface area contributed by atoms with E-state index in [4.69, 9.17) is 9.84 Å². The van der Waals surface area contributed by atoms with Gasteiger partial charge in [0.15, 0.2) is 0 Å². The molecule has 1 aliphatic rings. The number of aliphatic hydroxyl groups is 2. The Bertz CT molecular complexity index is 324. The molecule has 0 bridgehead atoms. The molecule has 2 atom stereocenters. The molecule has 1 aliphatic carbocycles. The van der Waals surface area contributed by atoms with Gasteiger partial charge in [-0.3, -0.25) is 0 Å². The van der Waals surface area contributed by atoms with E-state index in [9.17, 15) is 5.11 Å². The molecule has 3 heteroatoms. The first-order valence-electron chi connectivity index (χ1n) is 5.34. The van der Waals surface area contributed by atoms with Crippen molar-refractivity contribution in [2.75, 3.05) is 0 Å². The van der Waals surface area contributed by atoms with Crippen LogP contribution in [-0.4, -0.2) is 22.4 Å². The summed E-state index contributed by atoms with van der Waals surface area (Å²) in [6.07, 6.45) is 2.23. The summed E-state index contributed by atoms with van der Waals surface area (Å²) in [6.45, 7) is -0.0288. The standard InChI is InChI=1S/C12H16O3/c13-8-9-4-1-2-6-11(9)15-12-7-3-5-10(12)14/h1-2,4,6,10,12-14H,3,5,7-8H2. The Labute approximate surface area is 89.3 Å². The van der Waals surface area contributed by atoms with Gasteiger partial charge in [0.25, 0.3) is 0 Å². The molecule has 1 aromatic rings. The second kappa shape index (κ2) is 4.64. The number of aliphatic hydroxyl groups excluding tert-OH is 2. The predicted octanol–water partition coefficient (Wildman–Crippen LogP) is 1.47. The first-order chi connectivity index (χ1) is 7.31. The van der Waals surface area contributed by atoms with Gasteiger partial charge < -0.3 is 14.9 Å². The molecule has 0 spiro atoms. The fraction of sp³-hybridized carbons (Fsp3) is 0.500. The molecule has 15 heavy (non-hydrogen) atoms. The van der Waals surface area contributed by atoms with Gasteiger partial charge in [0.1, 0.15) is 11.9 Å². The molecule has 0 radical (unpaired) electrons. The van der Waals surface area contributed by atoms with Crippen molar-refractivity contribution in [2.24, 2.45) is 0 Å². The van der Waals surface area contributed by atoms with Gasteiger partial charge in [-0.2, -0.15) is 0 Å². The zero-order valence-electron chi connectivity index (χ0n) is 8.60. The van der Waals surface area contributed by atoms with Crippen molar-refractivity contribution in [3.05, 3.63) is 29.8 Å². The Morgan fingerprint density at radius 3 is 2.73 bits per heavy atom. The van der Waals surface area contributed by atoms with Gasteiger partial charge >= 0.3 is 0 Å². The summed E-state index contributed by atoms with van der Waals surface area (Å²) in [5.41, 5.74) is 0.775. The topological polar surface area (TPSA) is 49.7 Å². The average Bonchev–Trinajstić information content (AvgIpc) is 2.65. The highest BCUT2D eigenvalue weighted by atomic mass is 16.5. The van der Waals surface area contributed by atoms with Crippen LogP contribution in [0.2, 0.25) is 0 Å². The molecule has 2 N–H and O–H groups in total. The quantitative estimate of drug-likeness (QED) is 0.790. The Morgan fingerprint density at radius 2 is 2.07 bits per heavy atom. The number of para-hydroxylation sites is 1. The molecule has 0 aromatic heterocycles. The van der Waals surface area contributed by atoms with Gasteiger partial charge in [0, 0.05) is 5.56 Å². The molecule has 1 fully saturated rings. The summed E-state index contributed by atoms with van der Waals surface area (Å²) in [6, 6.07) is 7.40. The number of ether oxygens (including phenoxy) is 1. The van der Waals surface area contributed by atoms with Crippen LogP contribution in [0, 0.1) is 0 Å². The predicted molar refractivity (Wildman–Crippen MR) is 56.6 cm³/mol. The second-order valence-corrected chi connectivity index (χ2v) is 3.92. The van der Waals surface area contributed by atoms with Gasteiger partial charge in [-0.05, 0) is 25.3 Å². The van der Waals surface area contributed by atoms with Crippen LogP contribution in [0.3, 0.4) is 0 Å². The van der Waals surface area contributed by atoms with Gasteiger partial charge in [0.05, 0.1) is 12.7 Å². The average molecular weight is 208 g/mol. The molecule has 3 nitrogen and oxygen atoms in total. The largest absolute Gasteiger partial charge is 0.487 e. The molecule has 2 rings (SSSR count). The van der Waals surface area contributed by atoms with E-state index in [1.165, 1.54) is 0 Å². The molecular weight excluding hydrogens is 192 g/mol. The van der Waals surface area contributed by atoms with E-state index in [0.717, 1.165) is 24.8 Å². The molecule has 0 heterocycles. The first-order valence-corrected chi connectivity index (χ1v) is 5.34. The molecule has 2 unspecified atom stereocenters. The lowest BCUT2D eigenvalue weighted by atomic mass is 10.2. The Hall–Kier alpha value is -1.06. The summed E-state index contributed by atoms with van der Waals surface area (Å²) in [7, 11) is 0. The highest BCUT2D eigenvalue weighted by molar-refractivity contribution is 5.32. The normalized spacial score (nSPS) is 25.5. The molecular formula is C12H16O3. The zero-order chi connectivity index (χ0) is 10.7. The van der Waals surface area contributed by atoms with E-state index in [0.29, 0.717) is 5.75 Å². The Morgan fingerprint density at radius 1 is 1.27 bits per heavy atom. The maximum absolute atomic E-state index is 9.63. The van der Waals surface area contributed by atoms with Crippen molar-refractivity contribution >= 4 is 0 Å². The maximum atomic E-state index is 9.63. The lowest BCUT2D eigenvalue weighted by Gasteiger charge is -2.18. The van der Waals surface area contributed by atoms with Gasteiger partial charge in [-0.15, -0.1) is 0 Å². The lowest BCUT2D eigenvalue weighted by Crippen LogP contribution is -2.26. The molecule has 0 saturated heterocycles. The minimum atomic E-state index is -0.364. The molecule has 82 valence electrons. The van der Waals surface area contributed by atoms with E-state index in [2.05, 4.69) is 0 Å². The van der Waals surface area contributed by atoms with Gasteiger partial charge in [-0.25, -0.2) is 0 Å². The number of rotatable bonds is 3. The summed E-state index contributed by atoms with van der Waals surface area (Å²) in [5.74, 6) is 0.686. The van der Waals surface area contributed by atoms with Crippen molar-refractivity contribution in [1.82, 2.24) is 0 Å². The van der Waals surface area contributed by atoms with E-state index in [1.54, 1.807) is 0 Å². The Kier molecular flexibility index (Phi) is 3.23. The third-order valence-electron chi connectivity index (χ3n) is 2.84. The lowest BCUT2D eigenvalue weighted by molar-refractivity contribution is 0.0589. The summed E-state index contributed by atoms with van der Waals surface area (Å²) >= 11 is 0. The second-order valence-electron chi connectivity index (χ2n) is 3.92. The van der Waals surface area contributed by atoms with Crippen LogP contribution < -0.4 is 4.74 Å². The third-order valence-corrected chi connectivity index (χ3v) is 2.84. The summed E-state index contributed by atoms with van der Waals surface area (Å²) in [4.78, 5) is 0. The van der Waals surface area contributed by atoms with Crippen LogP contribution >= 0.6 is 0 Å². The van der Waals surface area contributed by atoms with Crippen molar-refractivity contribution < 1.29 is 14.9 Å². The van der Waals surface area contributed by atoms with Crippen LogP contribution in [0.1, 0.15) is 24.8 Å². The van der Waals surface area contributed by atoms with Gasteiger partial charge in [0.2, 0.25) is 0 Å². The monoisotopic (exact) mass is 208 g/mol. The van der Waals surface area contributed by atoms with Crippen molar-refractivity contribution in [2.45, 2.75) is 38.1 Å². The third kappa shape index (κ3) is 2.30. The van der Waals surface area contributed by atoms with Crippen LogP contribution in [0.15, 0.2) is 24.3 Å². The van der Waals surface area contributed by atoms with Crippen LogP contribution in [0.5, 0.6) is 5.75 Å². The van der Waals surface area contributed by atoms with Crippen LogP contribution in [0.4, 0.5) is 0 Å². The first kappa shape index (κ1) is 10.5. The summed E-state index contributed by atoms with van der Waals surface area (Å²) < 4.78 is 5.70. The van der Waals surface area contributed by atoms with E-state index in [-0.39, 0.29) is 18.8 Å². The molecule has 1 saturated carbocycles. The van der Waals surface area contributed by atoms with Crippen molar-refractivity contribution in [3.8, 4) is 5.75 Å². The molecule has 1 aromatic carbocycles. The zero-order valence-corrected chi connectivity index (χ0v) is 8.60. The smallest absolute Gasteiger partial charge is 0.125 e. The fourth-order valence-corrected chi connectivity index (χ4v) is 1.96. The number of hydrogen-bond donors (Lipinski definition) is 2.